The zero-order chi connectivity index (χ0) is 23.7. The second kappa shape index (κ2) is 12.0. The van der Waals surface area contributed by atoms with E-state index in [1.54, 1.807) is 11.4 Å². The molecule has 32 heavy (non-hydrogen) atoms. The van der Waals surface area contributed by atoms with Gasteiger partial charge >= 0.3 is 11.9 Å². The molecule has 0 spiro atoms. The van der Waals surface area contributed by atoms with Crippen LogP contribution in [-0.2, 0) is 31.9 Å². The predicted octanol–water partition coefficient (Wildman–Crippen LogP) is 2.26. The van der Waals surface area contributed by atoms with Gasteiger partial charge in [-0.15, -0.1) is 0 Å². The van der Waals surface area contributed by atoms with Crippen molar-refractivity contribution in [3.63, 3.8) is 0 Å². The van der Waals surface area contributed by atoms with Crippen molar-refractivity contribution in [2.75, 3.05) is 33.3 Å². The van der Waals surface area contributed by atoms with Gasteiger partial charge in [-0.05, 0) is 23.8 Å². The summed E-state index contributed by atoms with van der Waals surface area (Å²) in [6, 6.07) is 15.3. The number of piperazine rings is 1. The number of carbonyl (C=O) groups is 2. The number of benzene rings is 2. The summed E-state index contributed by atoms with van der Waals surface area (Å²) in [5, 5.41) is 14.8. The van der Waals surface area contributed by atoms with Crippen LogP contribution in [-0.4, -0.2) is 73.1 Å². The van der Waals surface area contributed by atoms with Gasteiger partial charge in [-0.25, -0.2) is 18.0 Å². The number of ether oxygens (including phenoxy) is 1. The van der Waals surface area contributed by atoms with E-state index in [9.17, 15) is 8.42 Å². The minimum atomic E-state index is -3.28. The van der Waals surface area contributed by atoms with Gasteiger partial charge in [0, 0.05) is 42.8 Å². The molecule has 0 unspecified atom stereocenters. The lowest BCUT2D eigenvalue weighted by molar-refractivity contribution is -0.159. The number of sulfonamides is 1. The molecule has 1 saturated heterocycles. The van der Waals surface area contributed by atoms with Gasteiger partial charge in [0.1, 0.15) is 5.75 Å². The first-order chi connectivity index (χ1) is 15.1. The van der Waals surface area contributed by atoms with Crippen LogP contribution in [0.1, 0.15) is 11.1 Å². The van der Waals surface area contributed by atoms with E-state index in [2.05, 4.69) is 26.9 Å². The number of aliphatic carboxylic acids is 2. The van der Waals surface area contributed by atoms with Crippen LogP contribution in [0.15, 0.2) is 53.0 Å². The van der Waals surface area contributed by atoms with Crippen molar-refractivity contribution in [2.45, 2.75) is 12.3 Å². The smallest absolute Gasteiger partial charge is 0.414 e. The molecular weight excluding hydrogens is 504 g/mol. The number of hydrogen-bond donors (Lipinski definition) is 2. The molecule has 2 N–H and O–H groups in total. The van der Waals surface area contributed by atoms with Crippen LogP contribution in [0.2, 0.25) is 0 Å². The summed E-state index contributed by atoms with van der Waals surface area (Å²) in [5.74, 6) is -2.73. The lowest BCUT2D eigenvalue weighted by Crippen LogP contribution is -2.48. The lowest BCUT2D eigenvalue weighted by atomic mass is 10.2. The summed E-state index contributed by atoms with van der Waals surface area (Å²) in [7, 11) is -1.61. The van der Waals surface area contributed by atoms with E-state index in [-0.39, 0.29) is 5.75 Å². The molecule has 1 heterocycles. The van der Waals surface area contributed by atoms with Gasteiger partial charge in [0.25, 0.3) is 0 Å². The van der Waals surface area contributed by atoms with Gasteiger partial charge in [-0.1, -0.05) is 46.3 Å². The number of methoxy groups -OCH3 is 1. The predicted molar refractivity (Wildman–Crippen MR) is 122 cm³/mol. The van der Waals surface area contributed by atoms with Crippen molar-refractivity contribution in [1.82, 2.24) is 9.21 Å². The monoisotopic (exact) mass is 528 g/mol. The molecule has 0 aromatic heterocycles. The molecule has 1 aliphatic heterocycles. The molecule has 2 aromatic rings. The van der Waals surface area contributed by atoms with Gasteiger partial charge < -0.3 is 14.9 Å². The van der Waals surface area contributed by atoms with Crippen LogP contribution in [0.5, 0.6) is 5.75 Å². The van der Waals surface area contributed by atoms with E-state index in [4.69, 9.17) is 24.5 Å². The van der Waals surface area contributed by atoms with Crippen molar-refractivity contribution in [1.29, 1.82) is 0 Å². The van der Waals surface area contributed by atoms with Crippen molar-refractivity contribution in [3.05, 3.63) is 64.1 Å². The summed E-state index contributed by atoms with van der Waals surface area (Å²) in [5.41, 5.74) is 1.93. The second-order valence-electron chi connectivity index (χ2n) is 6.98. The standard InChI is InChI=1S/C19H23BrN2O3S.C2H2O4/c1-25-19-8-7-18(20)13-17(19)14-21-9-11-22(12-10-21)26(23,24)15-16-5-3-2-4-6-16;3-1(4)2(5)6/h2-8,13H,9-12,14-15H2,1H3;(H,3,4)(H,5,6). The lowest BCUT2D eigenvalue weighted by Gasteiger charge is -2.34. The van der Waals surface area contributed by atoms with Gasteiger partial charge in [0.2, 0.25) is 10.0 Å². The number of carboxylic acids is 2. The van der Waals surface area contributed by atoms with Crippen molar-refractivity contribution >= 4 is 37.9 Å². The fraction of sp³-hybridized carbons (Fsp3) is 0.333. The Balaban J connectivity index is 0.000000534. The van der Waals surface area contributed by atoms with Crippen LogP contribution in [0.4, 0.5) is 0 Å². The first kappa shape index (κ1) is 25.8. The van der Waals surface area contributed by atoms with E-state index < -0.39 is 22.0 Å². The maximum Gasteiger partial charge on any atom is 0.414 e. The highest BCUT2D eigenvalue weighted by Gasteiger charge is 2.27. The average molecular weight is 529 g/mol. The zero-order valence-electron chi connectivity index (χ0n) is 17.5. The largest absolute Gasteiger partial charge is 0.496 e. The molecule has 11 heteroatoms. The molecule has 2 aromatic carbocycles. The molecule has 0 bridgehead atoms. The second-order valence-corrected chi connectivity index (χ2v) is 9.87. The topological polar surface area (TPSA) is 124 Å². The molecule has 0 amide bonds. The molecule has 0 saturated carbocycles. The number of nitrogens with zero attached hydrogens (tertiary/aromatic N) is 2. The first-order valence-electron chi connectivity index (χ1n) is 9.65. The van der Waals surface area contributed by atoms with Crippen LogP contribution in [0, 0.1) is 0 Å². The normalized spacial score (nSPS) is 14.8. The number of halogens is 1. The van der Waals surface area contributed by atoms with Gasteiger partial charge in [0.15, 0.2) is 0 Å². The highest BCUT2D eigenvalue weighted by Crippen LogP contribution is 2.25. The van der Waals surface area contributed by atoms with E-state index in [0.29, 0.717) is 26.2 Å². The van der Waals surface area contributed by atoms with E-state index in [1.165, 1.54) is 0 Å². The maximum absolute atomic E-state index is 12.6. The Bertz CT molecular complexity index is 1010. The summed E-state index contributed by atoms with van der Waals surface area (Å²) in [4.78, 5) is 20.5. The summed E-state index contributed by atoms with van der Waals surface area (Å²) in [6.45, 7) is 3.21. The fourth-order valence-electron chi connectivity index (χ4n) is 3.15. The van der Waals surface area contributed by atoms with E-state index >= 15 is 0 Å². The highest BCUT2D eigenvalue weighted by molar-refractivity contribution is 9.10. The van der Waals surface area contributed by atoms with E-state index in [0.717, 1.165) is 27.9 Å². The third-order valence-corrected chi connectivity index (χ3v) is 7.08. The van der Waals surface area contributed by atoms with Crippen molar-refractivity contribution in [3.8, 4) is 5.75 Å². The van der Waals surface area contributed by atoms with Gasteiger partial charge in [-0.2, -0.15) is 4.31 Å². The summed E-state index contributed by atoms with van der Waals surface area (Å²) < 4.78 is 33.3. The van der Waals surface area contributed by atoms with E-state index in [1.807, 2.05) is 42.5 Å². The quantitative estimate of drug-likeness (QED) is 0.547. The molecule has 0 aliphatic carbocycles. The number of rotatable bonds is 6. The highest BCUT2D eigenvalue weighted by atomic mass is 79.9. The summed E-state index contributed by atoms with van der Waals surface area (Å²) in [6.07, 6.45) is 0. The molecule has 174 valence electrons. The Kier molecular flexibility index (Phi) is 9.63. The third-order valence-electron chi connectivity index (χ3n) is 4.74. The van der Waals surface area contributed by atoms with Crippen LogP contribution < -0.4 is 4.74 Å². The minimum absolute atomic E-state index is 0.0628. The Morgan fingerprint density at radius 2 is 1.59 bits per heavy atom. The Morgan fingerprint density at radius 3 is 2.12 bits per heavy atom. The molecule has 1 fully saturated rings. The maximum atomic E-state index is 12.6. The Morgan fingerprint density at radius 1 is 1.00 bits per heavy atom. The first-order valence-corrected chi connectivity index (χ1v) is 12.1. The Hall–Kier alpha value is -2.47. The molecule has 0 atom stereocenters. The molecule has 1 aliphatic rings. The molecular formula is C21H25BrN2O7S. The van der Waals surface area contributed by atoms with Gasteiger partial charge in [0.05, 0.1) is 12.9 Å². The van der Waals surface area contributed by atoms with Crippen molar-refractivity contribution in [2.24, 2.45) is 0 Å². The SMILES string of the molecule is COc1ccc(Br)cc1CN1CCN(S(=O)(=O)Cc2ccccc2)CC1.O=C(O)C(=O)O. The molecule has 9 nitrogen and oxygen atoms in total. The zero-order valence-corrected chi connectivity index (χ0v) is 19.9. The average Bonchev–Trinajstić information content (AvgIpc) is 2.75. The van der Waals surface area contributed by atoms with Crippen LogP contribution in [0.3, 0.4) is 0 Å². The van der Waals surface area contributed by atoms with Gasteiger partial charge in [-0.3, -0.25) is 4.90 Å². The van der Waals surface area contributed by atoms with Crippen molar-refractivity contribution < 1.29 is 33.0 Å². The Labute approximate surface area is 195 Å². The van der Waals surface area contributed by atoms with Crippen LogP contribution in [0.25, 0.3) is 0 Å². The minimum Gasteiger partial charge on any atom is -0.496 e. The fourth-order valence-corrected chi connectivity index (χ4v) is 5.08. The van der Waals surface area contributed by atoms with Crippen LogP contribution >= 0.6 is 15.9 Å². The molecule has 3 rings (SSSR count). The number of hydrogen-bond acceptors (Lipinski definition) is 6. The number of carboxylic acid groups (broad SMARTS) is 2. The third kappa shape index (κ3) is 7.90. The molecule has 0 radical (unpaired) electrons. The summed E-state index contributed by atoms with van der Waals surface area (Å²) >= 11 is 3.50.